The lowest BCUT2D eigenvalue weighted by molar-refractivity contribution is 0.179. The van der Waals surface area contributed by atoms with E-state index in [4.69, 9.17) is 0 Å². The van der Waals surface area contributed by atoms with Gasteiger partial charge in [-0.3, -0.25) is 0 Å². The van der Waals surface area contributed by atoms with E-state index in [1.807, 2.05) is 29.0 Å². The second kappa shape index (κ2) is 4.60. The van der Waals surface area contributed by atoms with Crippen LogP contribution >= 0.6 is 11.3 Å². The average molecular weight is 218 g/mol. The minimum absolute atomic E-state index is 0.377. The topological polar surface area (TPSA) is 20.2 Å². The van der Waals surface area contributed by atoms with Crippen LogP contribution in [0.2, 0.25) is 0 Å². The fourth-order valence-corrected chi connectivity index (χ4v) is 2.34. The Bertz CT molecular complexity index is 420. The van der Waals surface area contributed by atoms with Gasteiger partial charge in [0.25, 0.3) is 0 Å². The summed E-state index contributed by atoms with van der Waals surface area (Å²) < 4.78 is 0. The fraction of sp³-hybridized carbons (Fsp3) is 0.231. The first-order valence-electron chi connectivity index (χ1n) is 5.02. The third-order valence-electron chi connectivity index (χ3n) is 2.60. The standard InChI is InChI=1S/C13H14OS/c1-10-4-2-3-5-11(10)8-13(14)12-6-7-15-9-12/h2-7,9,13-14H,8H2,1H3. The second-order valence-electron chi connectivity index (χ2n) is 3.70. The van der Waals surface area contributed by atoms with Crippen molar-refractivity contribution in [1.82, 2.24) is 0 Å². The van der Waals surface area contributed by atoms with Crippen molar-refractivity contribution in [2.75, 3.05) is 0 Å². The molecule has 0 radical (unpaired) electrons. The van der Waals surface area contributed by atoms with Gasteiger partial charge in [0.15, 0.2) is 0 Å². The monoisotopic (exact) mass is 218 g/mol. The maximum Gasteiger partial charge on any atom is 0.0838 e. The maximum absolute atomic E-state index is 9.99. The van der Waals surface area contributed by atoms with Gasteiger partial charge in [0.2, 0.25) is 0 Å². The van der Waals surface area contributed by atoms with Crippen molar-refractivity contribution < 1.29 is 5.11 Å². The van der Waals surface area contributed by atoms with E-state index in [0.29, 0.717) is 6.42 Å². The number of rotatable bonds is 3. The molecule has 78 valence electrons. The van der Waals surface area contributed by atoms with E-state index in [9.17, 15) is 5.11 Å². The Morgan fingerprint density at radius 1 is 1.27 bits per heavy atom. The normalized spacial score (nSPS) is 12.7. The summed E-state index contributed by atoms with van der Waals surface area (Å²) in [6, 6.07) is 10.2. The highest BCUT2D eigenvalue weighted by Gasteiger charge is 2.09. The van der Waals surface area contributed by atoms with Gasteiger partial charge in [-0.1, -0.05) is 24.3 Å². The number of aliphatic hydroxyl groups excluding tert-OH is 1. The number of thiophene rings is 1. The molecule has 1 nitrogen and oxygen atoms in total. The van der Waals surface area contributed by atoms with Crippen LogP contribution in [0.5, 0.6) is 0 Å². The molecular formula is C13H14OS. The van der Waals surface area contributed by atoms with Crippen LogP contribution in [0.1, 0.15) is 22.8 Å². The maximum atomic E-state index is 9.99. The van der Waals surface area contributed by atoms with Gasteiger partial charge >= 0.3 is 0 Å². The van der Waals surface area contributed by atoms with Gasteiger partial charge in [-0.05, 0) is 40.4 Å². The smallest absolute Gasteiger partial charge is 0.0838 e. The molecule has 2 aromatic rings. The van der Waals surface area contributed by atoms with E-state index in [1.54, 1.807) is 11.3 Å². The fourth-order valence-electron chi connectivity index (χ4n) is 1.63. The SMILES string of the molecule is Cc1ccccc1CC(O)c1ccsc1. The molecule has 1 aromatic carbocycles. The summed E-state index contributed by atoms with van der Waals surface area (Å²) in [6.07, 6.45) is 0.320. The molecule has 2 heteroatoms. The van der Waals surface area contributed by atoms with Crippen molar-refractivity contribution in [1.29, 1.82) is 0 Å². The summed E-state index contributed by atoms with van der Waals surface area (Å²) >= 11 is 1.62. The first-order chi connectivity index (χ1) is 7.27. The molecule has 1 N–H and O–H groups in total. The van der Waals surface area contributed by atoms with Gasteiger partial charge in [-0.25, -0.2) is 0 Å². The lowest BCUT2D eigenvalue weighted by atomic mass is 10.00. The van der Waals surface area contributed by atoms with Crippen molar-refractivity contribution in [2.24, 2.45) is 0 Å². The van der Waals surface area contributed by atoms with E-state index in [2.05, 4.69) is 19.1 Å². The molecule has 1 heterocycles. The molecular weight excluding hydrogens is 204 g/mol. The Morgan fingerprint density at radius 2 is 2.07 bits per heavy atom. The largest absolute Gasteiger partial charge is 0.388 e. The van der Waals surface area contributed by atoms with Crippen LogP contribution in [0.4, 0.5) is 0 Å². The third-order valence-corrected chi connectivity index (χ3v) is 3.30. The van der Waals surface area contributed by atoms with Gasteiger partial charge in [0.1, 0.15) is 0 Å². The number of hydrogen-bond acceptors (Lipinski definition) is 2. The highest BCUT2D eigenvalue weighted by Crippen LogP contribution is 2.21. The third kappa shape index (κ3) is 2.46. The van der Waals surface area contributed by atoms with Crippen LogP contribution < -0.4 is 0 Å². The molecule has 0 spiro atoms. The molecule has 2 rings (SSSR count). The molecule has 1 unspecified atom stereocenters. The second-order valence-corrected chi connectivity index (χ2v) is 4.48. The van der Waals surface area contributed by atoms with Gasteiger partial charge in [0, 0.05) is 6.42 Å². The van der Waals surface area contributed by atoms with Crippen molar-refractivity contribution in [2.45, 2.75) is 19.4 Å². The molecule has 1 atom stereocenters. The highest BCUT2D eigenvalue weighted by atomic mass is 32.1. The molecule has 0 saturated heterocycles. The van der Waals surface area contributed by atoms with Crippen LogP contribution in [0, 0.1) is 6.92 Å². The van der Waals surface area contributed by atoms with Crippen molar-refractivity contribution >= 4 is 11.3 Å². The molecule has 1 aromatic heterocycles. The molecule has 0 amide bonds. The number of hydrogen-bond donors (Lipinski definition) is 1. The van der Waals surface area contributed by atoms with E-state index >= 15 is 0 Å². The van der Waals surface area contributed by atoms with Gasteiger partial charge in [-0.15, -0.1) is 0 Å². The van der Waals surface area contributed by atoms with Crippen LogP contribution in [0.25, 0.3) is 0 Å². The molecule has 0 aliphatic heterocycles. The molecule has 0 fully saturated rings. The highest BCUT2D eigenvalue weighted by molar-refractivity contribution is 7.07. The average Bonchev–Trinajstić information content (AvgIpc) is 2.74. The van der Waals surface area contributed by atoms with Crippen LogP contribution in [-0.4, -0.2) is 5.11 Å². The predicted molar refractivity (Wildman–Crippen MR) is 64.2 cm³/mol. The zero-order chi connectivity index (χ0) is 10.7. The summed E-state index contributed by atoms with van der Waals surface area (Å²) in [7, 11) is 0. The van der Waals surface area contributed by atoms with E-state index in [-0.39, 0.29) is 6.10 Å². The first-order valence-corrected chi connectivity index (χ1v) is 5.96. The van der Waals surface area contributed by atoms with Crippen LogP contribution in [-0.2, 0) is 6.42 Å². The van der Waals surface area contributed by atoms with Crippen molar-refractivity contribution in [3.8, 4) is 0 Å². The number of benzene rings is 1. The zero-order valence-corrected chi connectivity index (χ0v) is 9.50. The molecule has 15 heavy (non-hydrogen) atoms. The molecule has 0 aliphatic carbocycles. The minimum atomic E-state index is -0.377. The van der Waals surface area contributed by atoms with Gasteiger partial charge in [0.05, 0.1) is 6.10 Å². The lowest BCUT2D eigenvalue weighted by Crippen LogP contribution is -2.01. The zero-order valence-electron chi connectivity index (χ0n) is 8.68. The Labute approximate surface area is 94.0 Å². The van der Waals surface area contributed by atoms with E-state index in [0.717, 1.165) is 5.56 Å². The summed E-state index contributed by atoms with van der Waals surface area (Å²) in [5.74, 6) is 0. The van der Waals surface area contributed by atoms with E-state index < -0.39 is 0 Å². The Kier molecular flexibility index (Phi) is 3.19. The van der Waals surface area contributed by atoms with Crippen molar-refractivity contribution in [3.05, 3.63) is 57.8 Å². The Balaban J connectivity index is 2.13. The summed E-state index contributed by atoms with van der Waals surface area (Å²) in [5.41, 5.74) is 3.48. The molecule has 0 saturated carbocycles. The first kappa shape index (κ1) is 10.4. The number of aliphatic hydroxyl groups is 1. The minimum Gasteiger partial charge on any atom is -0.388 e. The van der Waals surface area contributed by atoms with Crippen LogP contribution in [0.15, 0.2) is 41.1 Å². The molecule has 0 aliphatic rings. The summed E-state index contributed by atoms with van der Waals surface area (Å²) in [5, 5.41) is 14.0. The Morgan fingerprint density at radius 3 is 2.73 bits per heavy atom. The quantitative estimate of drug-likeness (QED) is 0.837. The lowest BCUT2D eigenvalue weighted by Gasteiger charge is -2.10. The number of aryl methyl sites for hydroxylation is 1. The summed E-state index contributed by atoms with van der Waals surface area (Å²) in [4.78, 5) is 0. The van der Waals surface area contributed by atoms with E-state index in [1.165, 1.54) is 11.1 Å². The Hall–Kier alpha value is -1.12. The van der Waals surface area contributed by atoms with Gasteiger partial charge in [-0.2, -0.15) is 11.3 Å². The predicted octanol–water partition coefficient (Wildman–Crippen LogP) is 3.33. The van der Waals surface area contributed by atoms with Gasteiger partial charge < -0.3 is 5.11 Å². The molecule has 0 bridgehead atoms. The van der Waals surface area contributed by atoms with Crippen molar-refractivity contribution in [3.63, 3.8) is 0 Å². The summed E-state index contributed by atoms with van der Waals surface area (Å²) in [6.45, 7) is 2.08. The van der Waals surface area contributed by atoms with Crippen LogP contribution in [0.3, 0.4) is 0 Å².